The lowest BCUT2D eigenvalue weighted by Crippen LogP contribution is -2.27. The quantitative estimate of drug-likeness (QED) is 0.739. The molecule has 1 aromatic carbocycles. The van der Waals surface area contributed by atoms with E-state index in [0.717, 1.165) is 53.8 Å². The van der Waals surface area contributed by atoms with Gasteiger partial charge in [0, 0.05) is 30.2 Å². The van der Waals surface area contributed by atoms with Gasteiger partial charge in [-0.1, -0.05) is 10.3 Å². The van der Waals surface area contributed by atoms with Crippen molar-refractivity contribution in [1.82, 2.24) is 25.0 Å². The summed E-state index contributed by atoms with van der Waals surface area (Å²) in [5.74, 6) is 0.105. The van der Waals surface area contributed by atoms with Crippen molar-refractivity contribution in [3.63, 3.8) is 0 Å². The van der Waals surface area contributed by atoms with Gasteiger partial charge in [0.05, 0.1) is 12.1 Å². The maximum atomic E-state index is 12.5. The number of aryl methyl sites for hydroxylation is 1. The Morgan fingerprint density at radius 3 is 2.83 bits per heavy atom. The predicted octanol–water partition coefficient (Wildman–Crippen LogP) is 2.01. The number of hydrogen-bond donors (Lipinski definition) is 0. The number of rotatable bonds is 3. The topological polar surface area (TPSA) is 77.0 Å². The highest BCUT2D eigenvalue weighted by Crippen LogP contribution is 2.19. The van der Waals surface area contributed by atoms with Crippen molar-refractivity contribution in [1.29, 1.82) is 0 Å². The third kappa shape index (κ3) is 2.58. The molecule has 0 radical (unpaired) electrons. The largest absolute Gasteiger partial charge is 0.339 e. The molecule has 0 atom stereocenters. The van der Waals surface area contributed by atoms with Crippen LogP contribution in [0.1, 0.15) is 34.6 Å². The van der Waals surface area contributed by atoms with E-state index in [2.05, 4.69) is 15.4 Å². The zero-order valence-electron chi connectivity index (χ0n) is 12.9. The van der Waals surface area contributed by atoms with Crippen molar-refractivity contribution in [3.05, 3.63) is 41.3 Å². The minimum Gasteiger partial charge on any atom is -0.339 e. The summed E-state index contributed by atoms with van der Waals surface area (Å²) >= 11 is 0. The first-order chi connectivity index (χ1) is 11.2. The predicted molar refractivity (Wildman–Crippen MR) is 83.0 cm³/mol. The molecule has 23 heavy (non-hydrogen) atoms. The third-order valence-electron chi connectivity index (χ3n) is 4.25. The summed E-state index contributed by atoms with van der Waals surface area (Å²) in [5, 5.41) is 13.1. The zero-order chi connectivity index (χ0) is 15.8. The van der Waals surface area contributed by atoms with E-state index >= 15 is 0 Å². The van der Waals surface area contributed by atoms with Gasteiger partial charge < -0.3 is 4.90 Å². The standard InChI is InChI=1S/C16H17N5O2/c1-11-15(19-23-18-11)10-21-9-13-8-12(4-5-14(13)17-21)16(22)20-6-2-3-7-20/h4-5,8-9H,2-3,6-7,10H2,1H3. The molecule has 1 fully saturated rings. The number of aromatic nitrogens is 4. The average molecular weight is 311 g/mol. The maximum Gasteiger partial charge on any atom is 0.253 e. The number of hydrogen-bond acceptors (Lipinski definition) is 5. The normalized spacial score (nSPS) is 14.7. The van der Waals surface area contributed by atoms with Gasteiger partial charge in [-0.05, 0) is 38.0 Å². The van der Waals surface area contributed by atoms with Crippen LogP contribution in [0, 0.1) is 6.92 Å². The maximum absolute atomic E-state index is 12.5. The Bertz CT molecular complexity index is 860. The molecule has 0 aliphatic carbocycles. The summed E-state index contributed by atoms with van der Waals surface area (Å²) in [6.45, 7) is 4.06. The van der Waals surface area contributed by atoms with E-state index in [1.54, 1.807) is 4.68 Å². The fourth-order valence-corrected chi connectivity index (χ4v) is 2.94. The highest BCUT2D eigenvalue weighted by Gasteiger charge is 2.20. The van der Waals surface area contributed by atoms with E-state index < -0.39 is 0 Å². The number of amides is 1. The molecule has 0 unspecified atom stereocenters. The molecule has 1 saturated heterocycles. The van der Waals surface area contributed by atoms with Crippen LogP contribution < -0.4 is 0 Å². The van der Waals surface area contributed by atoms with Gasteiger partial charge in [-0.15, -0.1) is 0 Å². The molecule has 118 valence electrons. The fraction of sp³-hybridized carbons (Fsp3) is 0.375. The van der Waals surface area contributed by atoms with Crippen LogP contribution >= 0.6 is 0 Å². The number of nitrogens with zero attached hydrogens (tertiary/aromatic N) is 5. The second-order valence-corrected chi connectivity index (χ2v) is 5.90. The van der Waals surface area contributed by atoms with Crippen LogP contribution in [-0.2, 0) is 6.54 Å². The van der Waals surface area contributed by atoms with Crippen molar-refractivity contribution < 1.29 is 9.42 Å². The summed E-state index contributed by atoms with van der Waals surface area (Å²) in [7, 11) is 0. The van der Waals surface area contributed by atoms with Crippen molar-refractivity contribution in [2.24, 2.45) is 0 Å². The van der Waals surface area contributed by atoms with Gasteiger partial charge in [-0.3, -0.25) is 9.48 Å². The van der Waals surface area contributed by atoms with Crippen LogP contribution in [0.5, 0.6) is 0 Å². The minimum atomic E-state index is 0.105. The van der Waals surface area contributed by atoms with Crippen LogP contribution in [0.25, 0.3) is 10.9 Å². The van der Waals surface area contributed by atoms with Crippen LogP contribution in [-0.4, -0.2) is 44.0 Å². The lowest BCUT2D eigenvalue weighted by atomic mass is 10.1. The molecule has 3 heterocycles. The molecule has 1 aliphatic rings. The van der Waals surface area contributed by atoms with Gasteiger partial charge in [-0.2, -0.15) is 5.10 Å². The molecule has 0 saturated carbocycles. The first kappa shape index (κ1) is 13.9. The van der Waals surface area contributed by atoms with Gasteiger partial charge in [0.25, 0.3) is 5.91 Å². The summed E-state index contributed by atoms with van der Waals surface area (Å²) in [5.41, 5.74) is 3.09. The number of likely N-dealkylation sites (tertiary alicyclic amines) is 1. The monoisotopic (exact) mass is 311 g/mol. The van der Waals surface area contributed by atoms with Crippen molar-refractivity contribution in [2.75, 3.05) is 13.1 Å². The van der Waals surface area contributed by atoms with Crippen LogP contribution in [0.4, 0.5) is 0 Å². The third-order valence-corrected chi connectivity index (χ3v) is 4.25. The van der Waals surface area contributed by atoms with Crippen molar-refractivity contribution in [2.45, 2.75) is 26.3 Å². The molecule has 2 aromatic heterocycles. The number of fused-ring (bicyclic) bond motifs is 1. The average Bonchev–Trinajstić information content (AvgIpc) is 3.27. The molecular formula is C16H17N5O2. The van der Waals surface area contributed by atoms with E-state index in [4.69, 9.17) is 4.63 Å². The summed E-state index contributed by atoms with van der Waals surface area (Å²) < 4.78 is 6.50. The van der Waals surface area contributed by atoms with E-state index in [1.165, 1.54) is 0 Å². The Kier molecular flexibility index (Phi) is 3.33. The van der Waals surface area contributed by atoms with Gasteiger partial charge in [0.15, 0.2) is 0 Å². The summed E-state index contributed by atoms with van der Waals surface area (Å²) in [4.78, 5) is 14.4. The summed E-state index contributed by atoms with van der Waals surface area (Å²) in [6.07, 6.45) is 4.11. The lowest BCUT2D eigenvalue weighted by molar-refractivity contribution is 0.0793. The molecule has 7 heteroatoms. The number of carbonyl (C=O) groups excluding carboxylic acids is 1. The van der Waals surface area contributed by atoms with Gasteiger partial charge in [0.2, 0.25) is 0 Å². The second-order valence-electron chi connectivity index (χ2n) is 5.90. The second kappa shape index (κ2) is 5.49. The van der Waals surface area contributed by atoms with Crippen molar-refractivity contribution >= 4 is 16.8 Å². The highest BCUT2D eigenvalue weighted by molar-refractivity contribution is 5.98. The van der Waals surface area contributed by atoms with Crippen LogP contribution in [0.3, 0.4) is 0 Å². The van der Waals surface area contributed by atoms with E-state index in [9.17, 15) is 4.79 Å². The van der Waals surface area contributed by atoms with E-state index in [-0.39, 0.29) is 5.91 Å². The van der Waals surface area contributed by atoms with Gasteiger partial charge in [0.1, 0.15) is 11.4 Å². The molecule has 4 rings (SSSR count). The Morgan fingerprint density at radius 2 is 2.09 bits per heavy atom. The summed E-state index contributed by atoms with van der Waals surface area (Å²) in [6, 6.07) is 5.65. The molecule has 1 aliphatic heterocycles. The number of benzene rings is 1. The van der Waals surface area contributed by atoms with E-state index in [0.29, 0.717) is 6.54 Å². The van der Waals surface area contributed by atoms with Crippen LogP contribution in [0.15, 0.2) is 29.0 Å². The first-order valence-corrected chi connectivity index (χ1v) is 7.75. The van der Waals surface area contributed by atoms with Crippen molar-refractivity contribution in [3.8, 4) is 0 Å². The SMILES string of the molecule is Cc1nonc1Cn1cc2cc(C(=O)N3CCCC3)ccc2n1. The Balaban J connectivity index is 1.61. The zero-order valence-corrected chi connectivity index (χ0v) is 12.9. The first-order valence-electron chi connectivity index (χ1n) is 7.75. The Hall–Kier alpha value is -2.70. The number of carbonyl (C=O) groups is 1. The molecule has 1 amide bonds. The molecular weight excluding hydrogens is 294 g/mol. The molecule has 3 aromatic rings. The minimum absolute atomic E-state index is 0.105. The smallest absolute Gasteiger partial charge is 0.253 e. The Morgan fingerprint density at radius 1 is 1.26 bits per heavy atom. The Labute approximate surface area is 132 Å². The molecule has 0 bridgehead atoms. The lowest BCUT2D eigenvalue weighted by Gasteiger charge is -2.14. The fourth-order valence-electron chi connectivity index (χ4n) is 2.94. The van der Waals surface area contributed by atoms with E-state index in [1.807, 2.05) is 36.2 Å². The van der Waals surface area contributed by atoms with Gasteiger partial charge in [-0.25, -0.2) is 4.63 Å². The van der Waals surface area contributed by atoms with Crippen LogP contribution in [0.2, 0.25) is 0 Å². The molecule has 0 N–H and O–H groups in total. The molecule has 0 spiro atoms. The van der Waals surface area contributed by atoms with Gasteiger partial charge >= 0.3 is 0 Å². The molecule has 7 nitrogen and oxygen atoms in total. The highest BCUT2D eigenvalue weighted by atomic mass is 16.6.